The highest BCUT2D eigenvalue weighted by molar-refractivity contribution is 6.35. The number of hydrogen-bond acceptors (Lipinski definition) is 6. The number of nitro groups is 1. The predicted molar refractivity (Wildman–Crippen MR) is 66.1 cm³/mol. The quantitative estimate of drug-likeness (QED) is 0.634. The largest absolute Gasteiger partial charge is 0.362 e. The summed E-state index contributed by atoms with van der Waals surface area (Å²) in [6, 6.07) is 1.84. The van der Waals surface area contributed by atoms with Gasteiger partial charge in [0.1, 0.15) is 17.5 Å². The van der Waals surface area contributed by atoms with Gasteiger partial charge in [0.05, 0.1) is 6.20 Å². The minimum Gasteiger partial charge on any atom is -0.358 e. The van der Waals surface area contributed by atoms with E-state index >= 15 is 0 Å². The molecule has 0 spiro atoms. The van der Waals surface area contributed by atoms with Crippen molar-refractivity contribution in [3.63, 3.8) is 0 Å². The van der Waals surface area contributed by atoms with E-state index in [0.717, 1.165) is 0 Å². The number of carbonyl (C=O) groups is 1. The Kier molecular flexibility index (Phi) is 3.36. The minimum absolute atomic E-state index is 0.138. The molecule has 0 radical (unpaired) electrons. The van der Waals surface area contributed by atoms with Crippen molar-refractivity contribution in [1.82, 2.24) is 20.0 Å². The zero-order valence-electron chi connectivity index (χ0n) is 9.92. The van der Waals surface area contributed by atoms with Crippen LogP contribution in [0.5, 0.6) is 0 Å². The third-order valence-corrected chi connectivity index (χ3v) is 2.74. The molecule has 0 bridgehead atoms. The molecule has 0 unspecified atom stereocenters. The van der Waals surface area contributed by atoms with Gasteiger partial charge in [0, 0.05) is 7.05 Å². The molecule has 11 heteroatoms. The second kappa shape index (κ2) is 4.98. The Bertz CT molecular complexity index is 741. The van der Waals surface area contributed by atoms with Crippen LogP contribution in [0.15, 0.2) is 6.20 Å². The van der Waals surface area contributed by atoms with E-state index in [9.17, 15) is 14.9 Å². The molecule has 0 aliphatic heterocycles. The molecule has 2 N–H and O–H groups in total. The molecule has 2 rings (SSSR count). The first-order valence-electron chi connectivity index (χ1n) is 5.07. The zero-order valence-corrected chi connectivity index (χ0v) is 10.7. The number of rotatable bonds is 3. The first kappa shape index (κ1) is 13.5. The Morgan fingerprint density at radius 1 is 1.70 bits per heavy atom. The van der Waals surface area contributed by atoms with Crippen molar-refractivity contribution in [2.24, 2.45) is 7.05 Å². The van der Waals surface area contributed by atoms with E-state index < -0.39 is 21.7 Å². The van der Waals surface area contributed by atoms with Gasteiger partial charge in [-0.3, -0.25) is 9.48 Å². The first-order valence-corrected chi connectivity index (χ1v) is 5.45. The summed E-state index contributed by atoms with van der Waals surface area (Å²) in [5.41, 5.74) is -0.203. The van der Waals surface area contributed by atoms with Crippen molar-refractivity contribution in [2.75, 3.05) is 5.32 Å². The molecule has 0 saturated heterocycles. The van der Waals surface area contributed by atoms with Crippen molar-refractivity contribution >= 4 is 29.1 Å². The van der Waals surface area contributed by atoms with Crippen LogP contribution in [0, 0.1) is 21.4 Å². The van der Waals surface area contributed by atoms with Gasteiger partial charge in [-0.05, 0) is 4.92 Å². The molecular weight excluding hydrogens is 290 g/mol. The van der Waals surface area contributed by atoms with Gasteiger partial charge >= 0.3 is 5.82 Å². The van der Waals surface area contributed by atoms with Gasteiger partial charge in [-0.15, -0.1) is 5.10 Å². The SMILES string of the molecule is Cn1ncc(C#N)c1NC(=O)c1n[nH]c([N+](=O)[O-])c1Cl. The first-order chi connectivity index (χ1) is 9.45. The fraction of sp³-hybridized carbons (Fsp3) is 0.111. The highest BCUT2D eigenvalue weighted by Gasteiger charge is 2.26. The van der Waals surface area contributed by atoms with E-state index in [0.29, 0.717) is 0 Å². The summed E-state index contributed by atoms with van der Waals surface area (Å²) >= 11 is 5.68. The number of nitriles is 1. The molecule has 2 heterocycles. The Hall–Kier alpha value is -2.93. The maximum Gasteiger partial charge on any atom is 0.362 e. The molecule has 0 atom stereocenters. The second-order valence-electron chi connectivity index (χ2n) is 3.59. The Morgan fingerprint density at radius 2 is 2.40 bits per heavy atom. The standard InChI is InChI=1S/C9H6ClN7O3/c1-16-7(4(2-11)3-12-16)13-9(18)6-5(10)8(15-14-6)17(19)20/h3H,1H3,(H,13,18)(H,14,15). The number of nitrogens with zero attached hydrogens (tertiary/aromatic N) is 5. The molecule has 0 aliphatic rings. The lowest BCUT2D eigenvalue weighted by atomic mass is 10.3. The fourth-order valence-electron chi connectivity index (χ4n) is 1.42. The van der Waals surface area contributed by atoms with Gasteiger partial charge < -0.3 is 15.4 Å². The van der Waals surface area contributed by atoms with Gasteiger partial charge in [-0.2, -0.15) is 10.4 Å². The number of nitrogens with one attached hydrogen (secondary N) is 2. The molecule has 102 valence electrons. The van der Waals surface area contributed by atoms with E-state index in [1.165, 1.54) is 17.9 Å². The Labute approximate surface area is 116 Å². The van der Waals surface area contributed by atoms with Crippen LogP contribution in [0.3, 0.4) is 0 Å². The second-order valence-corrected chi connectivity index (χ2v) is 3.97. The summed E-state index contributed by atoms with van der Waals surface area (Å²) in [4.78, 5) is 21.7. The van der Waals surface area contributed by atoms with E-state index in [1.54, 1.807) is 0 Å². The van der Waals surface area contributed by atoms with Crippen LogP contribution >= 0.6 is 11.6 Å². The monoisotopic (exact) mass is 295 g/mol. The summed E-state index contributed by atoms with van der Waals surface area (Å²) in [6.07, 6.45) is 1.27. The Balaban J connectivity index is 2.32. The van der Waals surface area contributed by atoms with Gasteiger partial charge in [-0.25, -0.2) is 0 Å². The smallest absolute Gasteiger partial charge is 0.358 e. The number of aromatic amines is 1. The van der Waals surface area contributed by atoms with Gasteiger partial charge in [0.15, 0.2) is 10.7 Å². The minimum atomic E-state index is -0.795. The van der Waals surface area contributed by atoms with Crippen LogP contribution in [0.2, 0.25) is 5.02 Å². The number of aromatic nitrogens is 4. The summed E-state index contributed by atoms with van der Waals surface area (Å²) in [7, 11) is 1.52. The highest BCUT2D eigenvalue weighted by atomic mass is 35.5. The fourth-order valence-corrected chi connectivity index (χ4v) is 1.66. The van der Waals surface area contributed by atoms with Crippen molar-refractivity contribution in [3.05, 3.63) is 32.6 Å². The third kappa shape index (κ3) is 2.17. The molecule has 10 nitrogen and oxygen atoms in total. The highest BCUT2D eigenvalue weighted by Crippen LogP contribution is 2.25. The molecule has 2 aromatic rings. The van der Waals surface area contributed by atoms with Crippen molar-refractivity contribution in [2.45, 2.75) is 0 Å². The van der Waals surface area contributed by atoms with Gasteiger partial charge in [0.2, 0.25) is 0 Å². The zero-order chi connectivity index (χ0) is 14.9. The van der Waals surface area contributed by atoms with E-state index in [1.807, 2.05) is 11.2 Å². The number of amides is 1. The topological polar surface area (TPSA) is 143 Å². The van der Waals surface area contributed by atoms with Crippen LogP contribution < -0.4 is 5.32 Å². The molecule has 20 heavy (non-hydrogen) atoms. The van der Waals surface area contributed by atoms with Crippen LogP contribution in [0.4, 0.5) is 11.6 Å². The van der Waals surface area contributed by atoms with Crippen LogP contribution in [-0.4, -0.2) is 30.8 Å². The summed E-state index contributed by atoms with van der Waals surface area (Å²) < 4.78 is 1.27. The van der Waals surface area contributed by atoms with Crippen LogP contribution in [0.1, 0.15) is 16.1 Å². The Morgan fingerprint density at radius 3 is 2.95 bits per heavy atom. The lowest BCUT2D eigenvalue weighted by molar-refractivity contribution is -0.389. The van der Waals surface area contributed by atoms with Crippen molar-refractivity contribution in [1.29, 1.82) is 5.26 Å². The molecule has 2 aromatic heterocycles. The van der Waals surface area contributed by atoms with Crippen molar-refractivity contribution in [3.8, 4) is 6.07 Å². The maximum absolute atomic E-state index is 11.9. The number of anilines is 1. The average Bonchev–Trinajstić information content (AvgIpc) is 2.94. The molecule has 1 amide bonds. The number of halogens is 1. The van der Waals surface area contributed by atoms with Crippen LogP contribution in [-0.2, 0) is 7.05 Å². The third-order valence-electron chi connectivity index (χ3n) is 2.38. The van der Waals surface area contributed by atoms with E-state index in [-0.39, 0.29) is 17.1 Å². The van der Waals surface area contributed by atoms with E-state index in [2.05, 4.69) is 15.5 Å². The summed E-state index contributed by atoms with van der Waals surface area (Å²) in [5.74, 6) is -1.24. The normalized spacial score (nSPS) is 10.1. The van der Waals surface area contributed by atoms with Gasteiger partial charge in [0.25, 0.3) is 5.91 Å². The van der Waals surface area contributed by atoms with Crippen molar-refractivity contribution < 1.29 is 9.72 Å². The molecule has 0 fully saturated rings. The van der Waals surface area contributed by atoms with Crippen LogP contribution in [0.25, 0.3) is 0 Å². The number of H-pyrrole nitrogens is 1. The summed E-state index contributed by atoms with van der Waals surface area (Å²) in [5, 5.41) is 30.7. The number of aryl methyl sites for hydroxylation is 1. The lowest BCUT2D eigenvalue weighted by Gasteiger charge is -2.03. The molecule has 0 aliphatic carbocycles. The van der Waals surface area contributed by atoms with Gasteiger partial charge in [-0.1, -0.05) is 16.7 Å². The number of hydrogen-bond donors (Lipinski definition) is 2. The number of carbonyl (C=O) groups excluding carboxylic acids is 1. The lowest BCUT2D eigenvalue weighted by Crippen LogP contribution is -2.16. The van der Waals surface area contributed by atoms with E-state index in [4.69, 9.17) is 16.9 Å². The summed E-state index contributed by atoms with van der Waals surface area (Å²) in [6.45, 7) is 0. The molecule has 0 aromatic carbocycles. The average molecular weight is 296 g/mol. The molecule has 0 saturated carbocycles. The molecular formula is C9H6ClN7O3. The predicted octanol–water partition coefficient (Wildman–Crippen LogP) is 0.829. The maximum atomic E-state index is 11.9.